The number of nitrogens with zero attached hydrogens (tertiary/aromatic N) is 2. The highest BCUT2D eigenvalue weighted by molar-refractivity contribution is 5.68. The lowest BCUT2D eigenvalue weighted by atomic mass is 10.1. The highest BCUT2D eigenvalue weighted by Gasteiger charge is 2.27. The number of likely N-dealkylation sites (tertiary alicyclic amines) is 1. The molecule has 0 aromatic carbocycles. The minimum atomic E-state index is -0.190. The second kappa shape index (κ2) is 7.28. The average molecular weight is 334 g/mol. The van der Waals surface area contributed by atoms with Gasteiger partial charge in [-0.25, -0.2) is 4.79 Å². The van der Waals surface area contributed by atoms with E-state index in [1.54, 1.807) is 16.5 Å². The van der Waals surface area contributed by atoms with E-state index in [2.05, 4.69) is 0 Å². The van der Waals surface area contributed by atoms with Crippen LogP contribution in [0.15, 0.2) is 16.9 Å². The Morgan fingerprint density at radius 2 is 1.75 bits per heavy atom. The molecule has 1 saturated carbocycles. The summed E-state index contributed by atoms with van der Waals surface area (Å²) in [4.78, 5) is 25.8. The number of rotatable bonds is 3. The number of amides is 1. The van der Waals surface area contributed by atoms with E-state index in [1.807, 2.05) is 13.0 Å². The molecule has 1 aliphatic carbocycles. The van der Waals surface area contributed by atoms with Gasteiger partial charge in [0.1, 0.15) is 18.0 Å². The molecule has 3 rings (SSSR count). The molecule has 0 spiro atoms. The molecule has 0 bridgehead atoms. The Balaban J connectivity index is 1.50. The van der Waals surface area contributed by atoms with E-state index < -0.39 is 0 Å². The predicted octanol–water partition coefficient (Wildman–Crippen LogP) is 2.62. The van der Waals surface area contributed by atoms with Crippen molar-refractivity contribution in [2.24, 2.45) is 7.05 Å². The Morgan fingerprint density at radius 1 is 1.08 bits per heavy atom. The number of hydrogen-bond acceptors (Lipinski definition) is 4. The smallest absolute Gasteiger partial charge is 0.410 e. The molecule has 1 aromatic rings. The van der Waals surface area contributed by atoms with Gasteiger partial charge in [-0.15, -0.1) is 0 Å². The minimum absolute atomic E-state index is 0.0343. The molecule has 0 unspecified atom stereocenters. The maximum Gasteiger partial charge on any atom is 0.410 e. The Morgan fingerprint density at radius 3 is 2.38 bits per heavy atom. The fourth-order valence-electron chi connectivity index (χ4n) is 3.38. The van der Waals surface area contributed by atoms with E-state index in [9.17, 15) is 9.59 Å². The summed E-state index contributed by atoms with van der Waals surface area (Å²) >= 11 is 0. The molecule has 24 heavy (non-hydrogen) atoms. The van der Waals surface area contributed by atoms with Crippen LogP contribution in [0.1, 0.15) is 44.2 Å². The van der Waals surface area contributed by atoms with Crippen LogP contribution in [-0.2, 0) is 11.8 Å². The highest BCUT2D eigenvalue weighted by Crippen LogP contribution is 2.23. The van der Waals surface area contributed by atoms with Gasteiger partial charge in [0.2, 0.25) is 0 Å². The molecule has 2 fully saturated rings. The van der Waals surface area contributed by atoms with Crippen molar-refractivity contribution in [2.45, 2.75) is 57.7 Å². The fourth-order valence-corrected chi connectivity index (χ4v) is 3.38. The van der Waals surface area contributed by atoms with Crippen LogP contribution in [0.3, 0.4) is 0 Å². The first-order valence-corrected chi connectivity index (χ1v) is 8.83. The number of piperidine rings is 1. The van der Waals surface area contributed by atoms with Gasteiger partial charge in [0, 0.05) is 44.7 Å². The van der Waals surface area contributed by atoms with E-state index in [1.165, 1.54) is 6.07 Å². The van der Waals surface area contributed by atoms with Gasteiger partial charge in [0.25, 0.3) is 5.56 Å². The summed E-state index contributed by atoms with van der Waals surface area (Å²) in [5.41, 5.74) is 0.803. The standard InChI is InChI=1S/C18H26N2O4/c1-13-11-16(12-17(21)19(13)2)23-15-7-9-20(10-8-15)18(22)24-14-5-3-4-6-14/h11-12,14-15H,3-10H2,1-2H3. The summed E-state index contributed by atoms with van der Waals surface area (Å²) in [7, 11) is 1.75. The van der Waals surface area contributed by atoms with Gasteiger partial charge in [0.05, 0.1) is 0 Å². The molecule has 1 aromatic heterocycles. The van der Waals surface area contributed by atoms with Crippen LogP contribution in [0, 0.1) is 6.92 Å². The first kappa shape index (κ1) is 16.9. The first-order chi connectivity index (χ1) is 11.5. The minimum Gasteiger partial charge on any atom is -0.490 e. The van der Waals surface area contributed by atoms with Gasteiger partial charge >= 0.3 is 6.09 Å². The van der Waals surface area contributed by atoms with Crippen molar-refractivity contribution in [1.29, 1.82) is 0 Å². The Hall–Kier alpha value is -1.98. The van der Waals surface area contributed by atoms with Crippen molar-refractivity contribution in [3.63, 3.8) is 0 Å². The zero-order chi connectivity index (χ0) is 17.1. The van der Waals surface area contributed by atoms with Crippen LogP contribution in [-0.4, -0.2) is 40.9 Å². The van der Waals surface area contributed by atoms with Crippen molar-refractivity contribution in [3.8, 4) is 5.75 Å². The summed E-state index contributed by atoms with van der Waals surface area (Å²) in [5, 5.41) is 0. The number of hydrogen-bond donors (Lipinski definition) is 0. The monoisotopic (exact) mass is 334 g/mol. The van der Waals surface area contributed by atoms with E-state index in [4.69, 9.17) is 9.47 Å². The molecule has 1 aliphatic heterocycles. The second-order valence-corrected chi connectivity index (χ2v) is 6.82. The van der Waals surface area contributed by atoms with Gasteiger partial charge in [-0.2, -0.15) is 0 Å². The molecular weight excluding hydrogens is 308 g/mol. The number of carbonyl (C=O) groups is 1. The number of aryl methyl sites for hydroxylation is 1. The van der Waals surface area contributed by atoms with E-state index in [0.717, 1.165) is 44.2 Å². The van der Waals surface area contributed by atoms with Crippen molar-refractivity contribution >= 4 is 6.09 Å². The molecule has 0 atom stereocenters. The van der Waals surface area contributed by atoms with Gasteiger partial charge in [-0.05, 0) is 38.7 Å². The largest absolute Gasteiger partial charge is 0.490 e. The molecule has 6 heteroatoms. The van der Waals surface area contributed by atoms with Gasteiger partial charge in [-0.3, -0.25) is 4.79 Å². The molecule has 0 N–H and O–H groups in total. The third kappa shape index (κ3) is 3.91. The number of aromatic nitrogens is 1. The number of ether oxygens (including phenoxy) is 2. The van der Waals surface area contributed by atoms with Crippen LogP contribution in [0.5, 0.6) is 5.75 Å². The topological polar surface area (TPSA) is 60.8 Å². The molecule has 1 saturated heterocycles. The van der Waals surface area contributed by atoms with Crippen molar-refractivity contribution in [1.82, 2.24) is 9.47 Å². The Kier molecular flexibility index (Phi) is 5.11. The van der Waals surface area contributed by atoms with E-state index in [-0.39, 0.29) is 23.9 Å². The maximum atomic E-state index is 12.2. The lowest BCUT2D eigenvalue weighted by Gasteiger charge is -2.32. The number of carbonyl (C=O) groups excluding carboxylic acids is 1. The Labute approximate surface area is 142 Å². The average Bonchev–Trinajstić information content (AvgIpc) is 3.06. The molecule has 2 heterocycles. The predicted molar refractivity (Wildman–Crippen MR) is 90.4 cm³/mol. The zero-order valence-corrected chi connectivity index (χ0v) is 14.5. The number of pyridine rings is 1. The second-order valence-electron chi connectivity index (χ2n) is 6.82. The third-order valence-corrected chi connectivity index (χ3v) is 5.05. The third-order valence-electron chi connectivity index (χ3n) is 5.05. The van der Waals surface area contributed by atoms with Crippen molar-refractivity contribution < 1.29 is 14.3 Å². The maximum absolute atomic E-state index is 12.2. The van der Waals surface area contributed by atoms with Crippen LogP contribution in [0.4, 0.5) is 4.79 Å². The molecule has 0 radical (unpaired) electrons. The quantitative estimate of drug-likeness (QED) is 0.852. The molecule has 132 valence electrons. The normalized spacial score (nSPS) is 19.5. The van der Waals surface area contributed by atoms with Crippen LogP contribution in [0.25, 0.3) is 0 Å². The summed E-state index contributed by atoms with van der Waals surface area (Å²) in [6, 6.07) is 3.40. The van der Waals surface area contributed by atoms with E-state index >= 15 is 0 Å². The lowest BCUT2D eigenvalue weighted by Crippen LogP contribution is -2.43. The molecular formula is C18H26N2O4. The van der Waals surface area contributed by atoms with Crippen LogP contribution >= 0.6 is 0 Å². The van der Waals surface area contributed by atoms with Gasteiger partial charge < -0.3 is 18.9 Å². The lowest BCUT2D eigenvalue weighted by molar-refractivity contribution is 0.0439. The summed E-state index contributed by atoms with van der Waals surface area (Å²) in [5.74, 6) is 0.614. The Bertz CT molecular complexity index is 641. The van der Waals surface area contributed by atoms with Crippen LogP contribution in [0.2, 0.25) is 0 Å². The van der Waals surface area contributed by atoms with Gasteiger partial charge in [0.15, 0.2) is 0 Å². The van der Waals surface area contributed by atoms with Crippen molar-refractivity contribution in [3.05, 3.63) is 28.2 Å². The van der Waals surface area contributed by atoms with Gasteiger partial charge in [-0.1, -0.05) is 0 Å². The molecule has 2 aliphatic rings. The SMILES string of the molecule is Cc1cc(OC2CCN(C(=O)OC3CCCC3)CC2)cc(=O)n1C. The molecule has 1 amide bonds. The first-order valence-electron chi connectivity index (χ1n) is 8.83. The van der Waals surface area contributed by atoms with Crippen molar-refractivity contribution in [2.75, 3.05) is 13.1 Å². The van der Waals surface area contributed by atoms with E-state index in [0.29, 0.717) is 18.8 Å². The zero-order valence-electron chi connectivity index (χ0n) is 14.5. The summed E-state index contributed by atoms with van der Waals surface area (Å²) in [6.07, 6.45) is 5.77. The fraction of sp³-hybridized carbons (Fsp3) is 0.667. The summed E-state index contributed by atoms with van der Waals surface area (Å²) in [6.45, 7) is 3.16. The molecule has 6 nitrogen and oxygen atoms in total. The summed E-state index contributed by atoms with van der Waals surface area (Å²) < 4.78 is 13.1. The van der Waals surface area contributed by atoms with Crippen LogP contribution < -0.4 is 10.3 Å². The highest BCUT2D eigenvalue weighted by atomic mass is 16.6.